The Morgan fingerprint density at radius 2 is 1.78 bits per heavy atom. The molecule has 0 aromatic heterocycles. The summed E-state index contributed by atoms with van der Waals surface area (Å²) in [4.78, 5) is 51.1. The van der Waals surface area contributed by atoms with Crippen LogP contribution >= 0.6 is 12.6 Å². The number of benzene rings is 1. The van der Waals surface area contributed by atoms with Crippen LogP contribution in [0.5, 0.6) is 0 Å². The Morgan fingerprint density at radius 1 is 1.16 bits per heavy atom. The maximum absolute atomic E-state index is 13.2. The lowest BCUT2D eigenvalue weighted by Crippen LogP contribution is -2.52. The van der Waals surface area contributed by atoms with Gasteiger partial charge in [0, 0.05) is 12.8 Å². The molecule has 32 heavy (non-hydrogen) atoms. The topological polar surface area (TPSA) is 114 Å². The van der Waals surface area contributed by atoms with Gasteiger partial charge in [0.25, 0.3) is 0 Å². The van der Waals surface area contributed by atoms with E-state index < -0.39 is 41.6 Å². The van der Waals surface area contributed by atoms with Crippen LogP contribution in [-0.4, -0.2) is 66.9 Å². The monoisotopic (exact) mass is 467 g/mol. The molecule has 3 amide bonds. The number of nitrogens with zero attached hydrogens (tertiary/aromatic N) is 1. The SMILES string of the molecule is COC(=O)CNC(=O)C(c1ccc(C)cc1C)N(C)C(=O)C(CS)NC(=O)OC(C)(C)C. The first-order valence-electron chi connectivity index (χ1n) is 10.1. The van der Waals surface area contributed by atoms with Gasteiger partial charge in [-0.05, 0) is 45.7 Å². The minimum absolute atomic E-state index is 0.00814. The molecule has 1 rings (SSSR count). The molecule has 0 aliphatic carbocycles. The third-order valence-corrected chi connectivity index (χ3v) is 4.87. The second-order valence-corrected chi connectivity index (χ2v) is 8.75. The maximum atomic E-state index is 13.2. The molecule has 1 aromatic carbocycles. The molecular formula is C22H33N3O6S. The van der Waals surface area contributed by atoms with Crippen LogP contribution in [0.15, 0.2) is 18.2 Å². The number of esters is 1. The van der Waals surface area contributed by atoms with Gasteiger partial charge in [-0.3, -0.25) is 14.4 Å². The number of alkyl carbamates (subject to hydrolysis) is 1. The van der Waals surface area contributed by atoms with E-state index in [9.17, 15) is 19.2 Å². The average Bonchev–Trinajstić information content (AvgIpc) is 2.69. The third kappa shape index (κ3) is 8.07. The van der Waals surface area contributed by atoms with Gasteiger partial charge in [-0.15, -0.1) is 0 Å². The number of carbonyl (C=O) groups excluding carboxylic acids is 4. The van der Waals surface area contributed by atoms with E-state index in [-0.39, 0.29) is 12.3 Å². The van der Waals surface area contributed by atoms with E-state index in [2.05, 4.69) is 28.0 Å². The van der Waals surface area contributed by atoms with E-state index in [4.69, 9.17) is 4.74 Å². The number of hydrogen-bond donors (Lipinski definition) is 3. The van der Waals surface area contributed by atoms with Crippen molar-refractivity contribution in [2.75, 3.05) is 26.5 Å². The number of methoxy groups -OCH3 is 1. The van der Waals surface area contributed by atoms with Crippen molar-refractivity contribution in [3.8, 4) is 0 Å². The minimum Gasteiger partial charge on any atom is -0.468 e. The van der Waals surface area contributed by atoms with Crippen LogP contribution in [0, 0.1) is 13.8 Å². The number of amides is 3. The lowest BCUT2D eigenvalue weighted by Gasteiger charge is -2.32. The van der Waals surface area contributed by atoms with E-state index in [0.717, 1.165) is 11.1 Å². The Labute approximate surface area is 194 Å². The molecule has 2 atom stereocenters. The Kier molecular flexibility index (Phi) is 10.0. The fraction of sp³-hybridized carbons (Fsp3) is 0.545. The summed E-state index contributed by atoms with van der Waals surface area (Å²) in [6.45, 7) is 8.52. The molecule has 0 spiro atoms. The summed E-state index contributed by atoms with van der Waals surface area (Å²) in [5, 5.41) is 5.00. The van der Waals surface area contributed by atoms with Crippen LogP contribution in [-0.2, 0) is 23.9 Å². The maximum Gasteiger partial charge on any atom is 0.408 e. The van der Waals surface area contributed by atoms with Crippen LogP contribution in [0.4, 0.5) is 4.79 Å². The van der Waals surface area contributed by atoms with E-state index >= 15 is 0 Å². The molecule has 1 aromatic rings. The zero-order valence-electron chi connectivity index (χ0n) is 19.6. The number of likely N-dealkylation sites (N-methyl/N-ethyl adjacent to an activating group) is 1. The van der Waals surface area contributed by atoms with E-state index in [1.165, 1.54) is 19.1 Å². The molecule has 0 aliphatic heterocycles. The highest BCUT2D eigenvalue weighted by Gasteiger charge is 2.34. The molecule has 2 unspecified atom stereocenters. The van der Waals surface area contributed by atoms with E-state index in [1.807, 2.05) is 26.0 Å². The number of carbonyl (C=O) groups is 4. The molecule has 10 heteroatoms. The summed E-state index contributed by atoms with van der Waals surface area (Å²) in [6.07, 6.45) is -0.767. The van der Waals surface area contributed by atoms with Crippen molar-refractivity contribution in [1.82, 2.24) is 15.5 Å². The molecule has 0 saturated carbocycles. The molecule has 9 nitrogen and oxygen atoms in total. The van der Waals surface area contributed by atoms with Gasteiger partial charge in [-0.2, -0.15) is 12.6 Å². The highest BCUT2D eigenvalue weighted by atomic mass is 32.1. The zero-order valence-corrected chi connectivity index (χ0v) is 20.5. The third-order valence-electron chi connectivity index (χ3n) is 4.51. The van der Waals surface area contributed by atoms with Crippen LogP contribution in [0.2, 0.25) is 0 Å². The molecule has 0 heterocycles. The second kappa shape index (κ2) is 11.8. The first-order chi connectivity index (χ1) is 14.8. The van der Waals surface area contributed by atoms with Crippen molar-refractivity contribution < 1.29 is 28.7 Å². The first kappa shape index (κ1) is 27.3. The number of hydrogen-bond acceptors (Lipinski definition) is 7. The Hall–Kier alpha value is -2.75. The second-order valence-electron chi connectivity index (χ2n) is 8.39. The lowest BCUT2D eigenvalue weighted by atomic mass is 9.97. The normalized spacial score (nSPS) is 12.9. The van der Waals surface area contributed by atoms with Gasteiger partial charge < -0.3 is 25.0 Å². The van der Waals surface area contributed by atoms with Gasteiger partial charge >= 0.3 is 12.1 Å². The lowest BCUT2D eigenvalue weighted by molar-refractivity contribution is -0.143. The molecule has 0 saturated heterocycles. The quantitative estimate of drug-likeness (QED) is 0.398. The summed E-state index contributed by atoms with van der Waals surface area (Å²) in [7, 11) is 2.67. The fourth-order valence-corrected chi connectivity index (χ4v) is 3.24. The summed E-state index contributed by atoms with van der Waals surface area (Å²) in [5.74, 6) is -1.73. The number of ether oxygens (including phenoxy) is 2. The van der Waals surface area contributed by atoms with Crippen LogP contribution in [0.25, 0.3) is 0 Å². The van der Waals surface area contributed by atoms with Gasteiger partial charge in [0.2, 0.25) is 11.8 Å². The highest BCUT2D eigenvalue weighted by Crippen LogP contribution is 2.25. The number of rotatable bonds is 8. The standard InChI is InChI=1S/C22H33N3O6S/c1-13-8-9-15(14(2)10-13)18(19(27)23-11-17(26)30-7)25(6)20(28)16(12-32)24-21(29)31-22(3,4)5/h8-10,16,18,32H,11-12H2,1-7H3,(H,23,27)(H,24,29). The smallest absolute Gasteiger partial charge is 0.408 e. The van der Waals surface area contributed by atoms with Crippen molar-refractivity contribution in [1.29, 1.82) is 0 Å². The fourth-order valence-electron chi connectivity index (χ4n) is 2.99. The minimum atomic E-state index is -1.05. The summed E-state index contributed by atoms with van der Waals surface area (Å²) < 4.78 is 9.78. The number of thiol groups is 1. The van der Waals surface area contributed by atoms with Gasteiger partial charge in [-0.1, -0.05) is 23.8 Å². The summed E-state index contributed by atoms with van der Waals surface area (Å²) in [6, 6.07) is 3.41. The average molecular weight is 468 g/mol. The zero-order chi connectivity index (χ0) is 24.6. The van der Waals surface area contributed by atoms with Crippen LogP contribution in [0.1, 0.15) is 43.5 Å². The Bertz CT molecular complexity index is 853. The summed E-state index contributed by atoms with van der Waals surface area (Å²) >= 11 is 4.18. The van der Waals surface area contributed by atoms with Crippen LogP contribution in [0.3, 0.4) is 0 Å². The van der Waals surface area contributed by atoms with Crippen molar-refractivity contribution in [3.05, 3.63) is 34.9 Å². The number of aryl methyl sites for hydroxylation is 2. The van der Waals surface area contributed by atoms with Gasteiger partial charge in [0.15, 0.2) is 0 Å². The molecule has 2 N–H and O–H groups in total. The van der Waals surface area contributed by atoms with Crippen molar-refractivity contribution >= 4 is 36.5 Å². The van der Waals surface area contributed by atoms with Gasteiger partial charge in [0.05, 0.1) is 7.11 Å². The van der Waals surface area contributed by atoms with Gasteiger partial charge in [0.1, 0.15) is 24.2 Å². The Balaban J connectivity index is 3.20. The number of nitrogens with one attached hydrogen (secondary N) is 2. The van der Waals surface area contributed by atoms with Crippen molar-refractivity contribution in [2.45, 2.75) is 52.3 Å². The molecule has 0 aliphatic rings. The van der Waals surface area contributed by atoms with Crippen LogP contribution < -0.4 is 10.6 Å². The largest absolute Gasteiger partial charge is 0.468 e. The predicted octanol–water partition coefficient (Wildman–Crippen LogP) is 1.92. The molecular weight excluding hydrogens is 434 g/mol. The highest BCUT2D eigenvalue weighted by molar-refractivity contribution is 7.80. The van der Waals surface area contributed by atoms with E-state index in [0.29, 0.717) is 5.56 Å². The molecule has 0 fully saturated rings. The Morgan fingerprint density at radius 3 is 2.28 bits per heavy atom. The molecule has 0 radical (unpaired) electrons. The molecule has 178 valence electrons. The van der Waals surface area contributed by atoms with Crippen molar-refractivity contribution in [3.63, 3.8) is 0 Å². The first-order valence-corrected chi connectivity index (χ1v) is 10.7. The van der Waals surface area contributed by atoms with E-state index in [1.54, 1.807) is 26.8 Å². The van der Waals surface area contributed by atoms with Gasteiger partial charge in [-0.25, -0.2) is 4.79 Å². The predicted molar refractivity (Wildman–Crippen MR) is 123 cm³/mol. The van der Waals surface area contributed by atoms with Crippen molar-refractivity contribution in [2.24, 2.45) is 0 Å². The molecule has 0 bridgehead atoms. The summed E-state index contributed by atoms with van der Waals surface area (Å²) in [5.41, 5.74) is 1.64.